The van der Waals surface area contributed by atoms with Crippen LogP contribution < -0.4 is 10.2 Å². The molecule has 8 heteroatoms. The van der Waals surface area contributed by atoms with Crippen molar-refractivity contribution < 1.29 is 28.2 Å². The molecule has 0 aliphatic carbocycles. The molecule has 0 saturated heterocycles. The summed E-state index contributed by atoms with van der Waals surface area (Å²) in [7, 11) is 1.61. The van der Waals surface area contributed by atoms with Crippen LogP contribution >= 0.6 is 0 Å². The molecule has 0 heterocycles. The highest BCUT2D eigenvalue weighted by Crippen LogP contribution is 2.26. The van der Waals surface area contributed by atoms with E-state index in [0.717, 1.165) is 11.1 Å². The molecular weight excluding hydrogens is 442 g/mol. The van der Waals surface area contributed by atoms with E-state index in [0.29, 0.717) is 16.9 Å². The van der Waals surface area contributed by atoms with E-state index in [2.05, 4.69) is 5.32 Å². The number of alkyl halides is 2. The van der Waals surface area contributed by atoms with Crippen molar-refractivity contribution in [2.45, 2.75) is 13.3 Å². The summed E-state index contributed by atoms with van der Waals surface area (Å²) in [6.45, 7) is 1.97. The monoisotopic (exact) mass is 466 g/mol. The second kappa shape index (κ2) is 11.1. The van der Waals surface area contributed by atoms with Crippen LogP contribution in [0.2, 0.25) is 0 Å². The maximum atomic E-state index is 12.7. The Bertz CT molecular complexity index is 1180. The molecule has 0 unspecified atom stereocenters. The molecule has 3 aromatic rings. The van der Waals surface area contributed by atoms with E-state index in [9.17, 15) is 23.5 Å². The molecule has 0 fully saturated rings. The van der Waals surface area contributed by atoms with Gasteiger partial charge in [0, 0.05) is 24.0 Å². The number of hydrogen-bond donors (Lipinski definition) is 2. The minimum Gasteiger partial charge on any atom is -0.487 e. The number of rotatable bonds is 8. The first-order chi connectivity index (χ1) is 16.3. The predicted molar refractivity (Wildman–Crippen MR) is 128 cm³/mol. The normalized spacial score (nSPS) is 11.3. The number of carbonyl (C=O) groups is 2. The molecule has 0 saturated carbocycles. The van der Waals surface area contributed by atoms with Crippen molar-refractivity contribution in [2.75, 3.05) is 23.9 Å². The first kappa shape index (κ1) is 24.4. The Morgan fingerprint density at radius 2 is 1.71 bits per heavy atom. The molecule has 6 nitrogen and oxygen atoms in total. The van der Waals surface area contributed by atoms with Crippen molar-refractivity contribution in [2.24, 2.45) is 0 Å². The molecule has 0 aliphatic rings. The number of ether oxygens (including phenoxy) is 1. The summed E-state index contributed by atoms with van der Waals surface area (Å²) in [4.78, 5) is 25.3. The standard InChI is InChI=1S/C26H24F2N2O4/c1-3-34-23(25(31)32)15-17-7-9-18(10-8-17)20-5-4-6-22(16-20)30(2)26(33)29-21-13-11-19(12-14-21)24(27)28/h4-16,24H,3H2,1-2H3,(H,29,33)(H,31,32)/b23-15-. The summed E-state index contributed by atoms with van der Waals surface area (Å²) in [5.74, 6) is -1.27. The third-order valence-corrected chi connectivity index (χ3v) is 5.00. The molecule has 0 spiro atoms. The smallest absolute Gasteiger partial charge is 0.371 e. The van der Waals surface area contributed by atoms with Crippen LogP contribution in [0.4, 0.5) is 25.0 Å². The van der Waals surface area contributed by atoms with E-state index < -0.39 is 18.4 Å². The number of benzene rings is 3. The zero-order valence-corrected chi connectivity index (χ0v) is 18.7. The SMILES string of the molecule is CCO/C(=C\c1ccc(-c2cccc(N(C)C(=O)Nc3ccc(C(F)F)cc3)c2)cc1)C(=O)O. The summed E-state index contributed by atoms with van der Waals surface area (Å²) in [6.07, 6.45) is -1.11. The minimum atomic E-state index is -2.57. The Morgan fingerprint density at radius 1 is 1.03 bits per heavy atom. The van der Waals surface area contributed by atoms with Crippen LogP contribution in [-0.2, 0) is 9.53 Å². The Balaban J connectivity index is 1.74. The summed E-state index contributed by atoms with van der Waals surface area (Å²) < 4.78 is 30.5. The fourth-order valence-corrected chi connectivity index (χ4v) is 3.17. The van der Waals surface area contributed by atoms with Crippen LogP contribution in [0.1, 0.15) is 24.5 Å². The van der Waals surface area contributed by atoms with E-state index in [4.69, 9.17) is 4.74 Å². The van der Waals surface area contributed by atoms with E-state index in [1.807, 2.05) is 30.3 Å². The zero-order valence-electron chi connectivity index (χ0n) is 18.7. The lowest BCUT2D eigenvalue weighted by atomic mass is 10.0. The van der Waals surface area contributed by atoms with Gasteiger partial charge in [0.1, 0.15) is 0 Å². The van der Waals surface area contributed by atoms with E-state index >= 15 is 0 Å². The highest BCUT2D eigenvalue weighted by Gasteiger charge is 2.13. The Morgan fingerprint density at radius 3 is 2.29 bits per heavy atom. The van der Waals surface area contributed by atoms with Crippen LogP contribution in [0, 0.1) is 0 Å². The van der Waals surface area contributed by atoms with Gasteiger partial charge in [0.2, 0.25) is 5.76 Å². The molecule has 3 aromatic carbocycles. The largest absolute Gasteiger partial charge is 0.487 e. The first-order valence-electron chi connectivity index (χ1n) is 10.5. The van der Waals surface area contributed by atoms with Crippen molar-refractivity contribution >= 4 is 29.5 Å². The van der Waals surface area contributed by atoms with Crippen molar-refractivity contribution in [3.8, 4) is 11.1 Å². The number of nitrogens with one attached hydrogen (secondary N) is 1. The third-order valence-electron chi connectivity index (χ3n) is 5.00. The van der Waals surface area contributed by atoms with Crippen LogP contribution in [0.25, 0.3) is 17.2 Å². The number of nitrogens with zero attached hydrogens (tertiary/aromatic N) is 1. The topological polar surface area (TPSA) is 78.9 Å². The van der Waals surface area contributed by atoms with Gasteiger partial charge < -0.3 is 15.2 Å². The molecule has 176 valence electrons. The lowest BCUT2D eigenvalue weighted by Gasteiger charge is -2.19. The number of hydrogen-bond acceptors (Lipinski definition) is 3. The average molecular weight is 466 g/mol. The third kappa shape index (κ3) is 6.19. The van der Waals surface area contributed by atoms with Crippen LogP contribution in [0.15, 0.2) is 78.6 Å². The maximum absolute atomic E-state index is 12.7. The lowest BCUT2D eigenvalue weighted by molar-refractivity contribution is -0.136. The summed E-state index contributed by atoms with van der Waals surface area (Å²) >= 11 is 0. The van der Waals surface area contributed by atoms with Gasteiger partial charge in [0.05, 0.1) is 6.61 Å². The molecule has 0 aliphatic heterocycles. The van der Waals surface area contributed by atoms with Crippen LogP contribution in [0.5, 0.6) is 0 Å². The van der Waals surface area contributed by atoms with Gasteiger partial charge in [-0.2, -0.15) is 0 Å². The first-order valence-corrected chi connectivity index (χ1v) is 10.5. The number of amides is 2. The van der Waals surface area contributed by atoms with Crippen molar-refractivity contribution in [1.29, 1.82) is 0 Å². The van der Waals surface area contributed by atoms with E-state index in [1.165, 1.54) is 35.2 Å². The number of anilines is 2. The van der Waals surface area contributed by atoms with Gasteiger partial charge in [-0.15, -0.1) is 0 Å². The quantitative estimate of drug-likeness (QED) is 0.297. The molecule has 2 amide bonds. The molecule has 34 heavy (non-hydrogen) atoms. The Kier molecular flexibility index (Phi) is 7.97. The molecule has 2 N–H and O–H groups in total. The number of carboxylic acid groups (broad SMARTS) is 1. The lowest BCUT2D eigenvalue weighted by Crippen LogP contribution is -2.31. The van der Waals surface area contributed by atoms with Crippen molar-refractivity contribution in [3.63, 3.8) is 0 Å². The van der Waals surface area contributed by atoms with Gasteiger partial charge in [-0.3, -0.25) is 4.90 Å². The summed E-state index contributed by atoms with van der Waals surface area (Å²) in [6, 6.07) is 19.6. The molecular formula is C26H24F2N2O4. The minimum absolute atomic E-state index is 0.113. The van der Waals surface area contributed by atoms with E-state index in [-0.39, 0.29) is 17.9 Å². The second-order valence-corrected chi connectivity index (χ2v) is 7.33. The molecule has 0 atom stereocenters. The van der Waals surface area contributed by atoms with Gasteiger partial charge in [-0.25, -0.2) is 18.4 Å². The molecule has 0 bridgehead atoms. The Labute approximate surface area is 196 Å². The van der Waals surface area contributed by atoms with Gasteiger partial charge in [-0.1, -0.05) is 48.5 Å². The van der Waals surface area contributed by atoms with Crippen LogP contribution in [-0.4, -0.2) is 30.8 Å². The number of carbonyl (C=O) groups excluding carboxylic acids is 1. The fraction of sp³-hybridized carbons (Fsp3) is 0.154. The summed E-state index contributed by atoms with van der Waals surface area (Å²) in [5.41, 5.74) is 3.35. The van der Waals surface area contributed by atoms with Crippen LogP contribution in [0.3, 0.4) is 0 Å². The Hall–Kier alpha value is -4.20. The number of carboxylic acids is 1. The summed E-state index contributed by atoms with van der Waals surface area (Å²) in [5, 5.41) is 11.9. The predicted octanol–water partition coefficient (Wildman–Crippen LogP) is 6.42. The van der Waals surface area contributed by atoms with Gasteiger partial charge in [0.15, 0.2) is 0 Å². The number of aliphatic carboxylic acids is 1. The second-order valence-electron chi connectivity index (χ2n) is 7.33. The van der Waals surface area contributed by atoms with E-state index in [1.54, 1.807) is 32.2 Å². The molecule has 3 rings (SSSR count). The fourth-order valence-electron chi connectivity index (χ4n) is 3.17. The van der Waals surface area contributed by atoms with Gasteiger partial charge in [0.25, 0.3) is 6.43 Å². The maximum Gasteiger partial charge on any atom is 0.371 e. The number of urea groups is 1. The zero-order chi connectivity index (χ0) is 24.7. The van der Waals surface area contributed by atoms with Gasteiger partial charge in [-0.05, 0) is 54.0 Å². The average Bonchev–Trinajstić information content (AvgIpc) is 2.84. The molecule has 0 radical (unpaired) electrons. The number of halogens is 2. The van der Waals surface area contributed by atoms with Crippen molar-refractivity contribution in [1.82, 2.24) is 0 Å². The highest BCUT2D eigenvalue weighted by atomic mass is 19.3. The van der Waals surface area contributed by atoms with Gasteiger partial charge >= 0.3 is 12.0 Å². The van der Waals surface area contributed by atoms with Crippen molar-refractivity contribution in [3.05, 3.63) is 89.7 Å². The highest BCUT2D eigenvalue weighted by molar-refractivity contribution is 6.01. The molecule has 0 aromatic heterocycles.